The van der Waals surface area contributed by atoms with Gasteiger partial charge in [-0.15, -0.1) is 0 Å². The van der Waals surface area contributed by atoms with Crippen LogP contribution in [-0.4, -0.2) is 45.2 Å². The summed E-state index contributed by atoms with van der Waals surface area (Å²) in [5, 5.41) is 4.75. The molecule has 0 aliphatic carbocycles. The lowest BCUT2D eigenvalue weighted by atomic mass is 10.1. The third-order valence-corrected chi connectivity index (χ3v) is 7.24. The number of nitrogens with one attached hydrogen (secondary N) is 1. The molecule has 1 atom stereocenters. The van der Waals surface area contributed by atoms with Crippen LogP contribution >= 0.6 is 0 Å². The first kappa shape index (κ1) is 21.0. The highest BCUT2D eigenvalue weighted by molar-refractivity contribution is 7.89. The van der Waals surface area contributed by atoms with E-state index in [1.165, 1.54) is 26.2 Å². The summed E-state index contributed by atoms with van der Waals surface area (Å²) < 4.78 is 25.8. The maximum absolute atomic E-state index is 12.8. The molecule has 0 aromatic heterocycles. The number of fused-ring (bicyclic) bond motifs is 1. The van der Waals surface area contributed by atoms with E-state index in [9.17, 15) is 18.0 Å². The smallest absolute Gasteiger partial charge is 0.242 e. The van der Waals surface area contributed by atoms with Gasteiger partial charge in [-0.1, -0.05) is 42.5 Å². The van der Waals surface area contributed by atoms with Crippen LogP contribution in [0.3, 0.4) is 0 Å². The number of benzene rings is 3. The Balaban J connectivity index is 1.53. The fourth-order valence-corrected chi connectivity index (χ4v) is 4.70. The molecule has 4 rings (SSSR count). The minimum absolute atomic E-state index is 0.0928. The fraction of sp³-hybridized carbons (Fsp3) is 0.217. The van der Waals surface area contributed by atoms with E-state index in [2.05, 4.69) is 5.32 Å². The van der Waals surface area contributed by atoms with Gasteiger partial charge in [-0.2, -0.15) is 0 Å². The summed E-state index contributed by atoms with van der Waals surface area (Å²) in [5.41, 5.74) is 1.17. The maximum atomic E-state index is 12.8. The Morgan fingerprint density at radius 2 is 1.74 bits per heavy atom. The van der Waals surface area contributed by atoms with Crippen LogP contribution in [-0.2, 0) is 19.6 Å². The maximum Gasteiger partial charge on any atom is 0.242 e. The third-order valence-electron chi connectivity index (χ3n) is 5.43. The molecule has 0 radical (unpaired) electrons. The molecule has 0 spiro atoms. The summed E-state index contributed by atoms with van der Waals surface area (Å²) >= 11 is 0. The predicted octanol–water partition coefficient (Wildman–Crippen LogP) is 3.08. The van der Waals surface area contributed by atoms with Gasteiger partial charge in [0.2, 0.25) is 21.8 Å². The molecule has 31 heavy (non-hydrogen) atoms. The lowest BCUT2D eigenvalue weighted by molar-refractivity contribution is -0.122. The van der Waals surface area contributed by atoms with Crippen molar-refractivity contribution in [2.75, 3.05) is 30.9 Å². The molecular weight excluding hydrogens is 414 g/mol. The Kier molecular flexibility index (Phi) is 5.51. The summed E-state index contributed by atoms with van der Waals surface area (Å²) in [6.07, 6.45) is 0.102. The highest BCUT2D eigenvalue weighted by Gasteiger charge is 2.35. The van der Waals surface area contributed by atoms with Crippen molar-refractivity contribution in [1.82, 2.24) is 4.31 Å². The van der Waals surface area contributed by atoms with Crippen molar-refractivity contribution in [3.63, 3.8) is 0 Å². The van der Waals surface area contributed by atoms with Crippen LogP contribution < -0.4 is 10.2 Å². The van der Waals surface area contributed by atoms with E-state index in [0.717, 1.165) is 20.8 Å². The van der Waals surface area contributed by atoms with Gasteiger partial charge in [-0.25, -0.2) is 12.7 Å². The quantitative estimate of drug-likeness (QED) is 0.665. The van der Waals surface area contributed by atoms with E-state index < -0.39 is 15.9 Å². The Labute approximate surface area is 181 Å². The highest BCUT2D eigenvalue weighted by Crippen LogP contribution is 2.32. The average molecular weight is 438 g/mol. The SMILES string of the molecule is CN(C)S(=O)(=O)c1cccc(NC(=O)[C@H]2CC(=O)N(c3cccc4ccccc34)C2)c1. The summed E-state index contributed by atoms with van der Waals surface area (Å²) in [4.78, 5) is 27.3. The van der Waals surface area contributed by atoms with Crippen LogP contribution in [0.15, 0.2) is 71.6 Å². The number of carbonyl (C=O) groups is 2. The molecule has 1 aliphatic rings. The van der Waals surface area contributed by atoms with Crippen LogP contribution in [0.25, 0.3) is 10.8 Å². The largest absolute Gasteiger partial charge is 0.326 e. The molecule has 1 N–H and O–H groups in total. The number of hydrogen-bond donors (Lipinski definition) is 1. The van der Waals surface area contributed by atoms with Gasteiger partial charge in [0, 0.05) is 38.1 Å². The summed E-state index contributed by atoms with van der Waals surface area (Å²) in [7, 11) is -0.707. The molecule has 3 aromatic rings. The van der Waals surface area contributed by atoms with Gasteiger partial charge in [0.05, 0.1) is 16.5 Å². The first-order valence-corrected chi connectivity index (χ1v) is 11.3. The van der Waals surface area contributed by atoms with E-state index in [0.29, 0.717) is 5.69 Å². The Morgan fingerprint density at radius 1 is 1.03 bits per heavy atom. The van der Waals surface area contributed by atoms with Gasteiger partial charge in [-0.3, -0.25) is 9.59 Å². The molecule has 0 bridgehead atoms. The first-order valence-electron chi connectivity index (χ1n) is 9.89. The number of sulfonamides is 1. The van der Waals surface area contributed by atoms with Crippen molar-refractivity contribution >= 4 is 44.0 Å². The predicted molar refractivity (Wildman–Crippen MR) is 120 cm³/mol. The lowest BCUT2D eigenvalue weighted by Gasteiger charge is -2.19. The molecule has 2 amide bonds. The molecule has 7 nitrogen and oxygen atoms in total. The molecule has 3 aromatic carbocycles. The minimum atomic E-state index is -3.61. The topological polar surface area (TPSA) is 86.8 Å². The van der Waals surface area contributed by atoms with Gasteiger partial charge in [0.15, 0.2) is 0 Å². The molecule has 1 heterocycles. The standard InChI is InChI=1S/C23H23N3O4S/c1-25(2)31(29,30)19-10-6-9-18(14-19)24-23(28)17-13-22(27)26(15-17)21-12-5-8-16-7-3-4-11-20(16)21/h3-12,14,17H,13,15H2,1-2H3,(H,24,28)/t17-/m0/s1. The van der Waals surface area contributed by atoms with Crippen LogP contribution in [0.5, 0.6) is 0 Å². The van der Waals surface area contributed by atoms with Crippen molar-refractivity contribution in [3.05, 3.63) is 66.7 Å². The van der Waals surface area contributed by atoms with E-state index in [4.69, 9.17) is 0 Å². The van der Waals surface area contributed by atoms with Crippen LogP contribution in [0.2, 0.25) is 0 Å². The van der Waals surface area contributed by atoms with E-state index in [1.54, 1.807) is 17.0 Å². The van der Waals surface area contributed by atoms with Crippen molar-refractivity contribution in [2.24, 2.45) is 5.92 Å². The number of anilines is 2. The highest BCUT2D eigenvalue weighted by atomic mass is 32.2. The molecule has 0 saturated carbocycles. The zero-order valence-electron chi connectivity index (χ0n) is 17.3. The van der Waals surface area contributed by atoms with Crippen molar-refractivity contribution in [1.29, 1.82) is 0 Å². The van der Waals surface area contributed by atoms with Crippen LogP contribution in [0, 0.1) is 5.92 Å². The summed E-state index contributed by atoms with van der Waals surface area (Å²) in [6, 6.07) is 19.7. The van der Waals surface area contributed by atoms with Gasteiger partial charge in [0.25, 0.3) is 0 Å². The average Bonchev–Trinajstić information content (AvgIpc) is 3.15. The van der Waals surface area contributed by atoms with Crippen molar-refractivity contribution in [2.45, 2.75) is 11.3 Å². The zero-order valence-corrected chi connectivity index (χ0v) is 18.1. The monoisotopic (exact) mass is 437 g/mol. The number of rotatable bonds is 5. The molecule has 160 valence electrons. The lowest BCUT2D eigenvalue weighted by Crippen LogP contribution is -2.28. The second-order valence-corrected chi connectivity index (χ2v) is 9.86. The fourth-order valence-electron chi connectivity index (χ4n) is 3.75. The van der Waals surface area contributed by atoms with E-state index in [-0.39, 0.29) is 29.7 Å². The van der Waals surface area contributed by atoms with Gasteiger partial charge >= 0.3 is 0 Å². The van der Waals surface area contributed by atoms with E-state index in [1.807, 2.05) is 42.5 Å². The second kappa shape index (κ2) is 8.13. The zero-order chi connectivity index (χ0) is 22.2. The Hall–Kier alpha value is -3.23. The van der Waals surface area contributed by atoms with Gasteiger partial charge < -0.3 is 10.2 Å². The number of carbonyl (C=O) groups excluding carboxylic acids is 2. The molecule has 1 fully saturated rings. The van der Waals surface area contributed by atoms with Crippen molar-refractivity contribution < 1.29 is 18.0 Å². The van der Waals surface area contributed by atoms with Gasteiger partial charge in [0.1, 0.15) is 0 Å². The minimum Gasteiger partial charge on any atom is -0.326 e. The van der Waals surface area contributed by atoms with E-state index >= 15 is 0 Å². The molecule has 8 heteroatoms. The first-order chi connectivity index (χ1) is 14.8. The van der Waals surface area contributed by atoms with Crippen LogP contribution in [0.1, 0.15) is 6.42 Å². The Bertz CT molecular complexity index is 1270. The number of hydrogen-bond acceptors (Lipinski definition) is 4. The molecule has 1 saturated heterocycles. The molecular formula is C23H23N3O4S. The van der Waals surface area contributed by atoms with Crippen molar-refractivity contribution in [3.8, 4) is 0 Å². The second-order valence-electron chi connectivity index (χ2n) is 7.71. The number of nitrogens with zero attached hydrogens (tertiary/aromatic N) is 2. The third kappa shape index (κ3) is 4.04. The number of amides is 2. The van der Waals surface area contributed by atoms with Crippen LogP contribution in [0.4, 0.5) is 11.4 Å². The summed E-state index contributed by atoms with van der Waals surface area (Å²) in [6.45, 7) is 0.272. The molecule has 0 unspecified atom stereocenters. The summed E-state index contributed by atoms with van der Waals surface area (Å²) in [5.74, 6) is -0.948. The normalized spacial score (nSPS) is 16.8. The van der Waals surface area contributed by atoms with Gasteiger partial charge in [-0.05, 0) is 29.7 Å². The molecule has 1 aliphatic heterocycles. The Morgan fingerprint density at radius 3 is 2.52 bits per heavy atom.